The van der Waals surface area contributed by atoms with Gasteiger partial charge in [0.15, 0.2) is 14.8 Å². The van der Waals surface area contributed by atoms with Crippen molar-refractivity contribution in [3.8, 4) is 0 Å². The molecule has 10 heteroatoms. The molecule has 0 aliphatic carbocycles. The number of likely N-dealkylation sites (tertiary alicyclic amines) is 1. The van der Waals surface area contributed by atoms with E-state index >= 15 is 0 Å². The van der Waals surface area contributed by atoms with Crippen molar-refractivity contribution in [2.24, 2.45) is 11.3 Å². The van der Waals surface area contributed by atoms with Gasteiger partial charge in [0.2, 0.25) is 0 Å². The highest BCUT2D eigenvalue weighted by molar-refractivity contribution is 7.85. The number of hydrogen-bond acceptors (Lipinski definition) is 7. The Bertz CT molecular complexity index is 1270. The molecular weight excluding hydrogens is 522 g/mol. The van der Waals surface area contributed by atoms with Gasteiger partial charge >= 0.3 is 6.09 Å². The minimum Gasteiger partial charge on any atom is -0.444 e. The average Bonchev–Trinajstić information content (AvgIpc) is 3.03. The lowest BCUT2D eigenvalue weighted by Crippen LogP contribution is -2.57. The Kier molecular flexibility index (Phi) is 8.75. The van der Waals surface area contributed by atoms with Crippen LogP contribution in [0.4, 0.5) is 4.79 Å². The fourth-order valence-corrected chi connectivity index (χ4v) is 6.39. The number of rotatable bonds is 7. The largest absolute Gasteiger partial charge is 0.444 e. The first-order valence-electron chi connectivity index (χ1n) is 13.0. The number of hydrogen-bond donors (Lipinski definition) is 1. The van der Waals surface area contributed by atoms with Gasteiger partial charge in [-0.15, -0.1) is 0 Å². The summed E-state index contributed by atoms with van der Waals surface area (Å²) in [6.07, 6.45) is -0.0333. The Morgan fingerprint density at radius 2 is 1.61 bits per heavy atom. The van der Waals surface area contributed by atoms with Gasteiger partial charge in [-0.2, -0.15) is 8.42 Å². The second-order valence-corrected chi connectivity index (χ2v) is 16.6. The summed E-state index contributed by atoms with van der Waals surface area (Å²) in [5.41, 5.74) is -1.09. The van der Waals surface area contributed by atoms with Crippen molar-refractivity contribution < 1.29 is 31.7 Å². The molecule has 8 nitrogen and oxygen atoms in total. The quantitative estimate of drug-likeness (QED) is 0.379. The van der Waals surface area contributed by atoms with E-state index in [1.54, 1.807) is 20.8 Å². The first-order chi connectivity index (χ1) is 17.3. The van der Waals surface area contributed by atoms with Crippen LogP contribution in [-0.4, -0.2) is 63.8 Å². The Labute approximate surface area is 229 Å². The van der Waals surface area contributed by atoms with Crippen molar-refractivity contribution in [3.63, 3.8) is 0 Å². The number of fused-ring (bicyclic) bond motifs is 1. The van der Waals surface area contributed by atoms with Crippen molar-refractivity contribution >= 4 is 36.0 Å². The summed E-state index contributed by atoms with van der Waals surface area (Å²) in [5, 5.41) is 14.1. The minimum atomic E-state index is -3.61. The predicted octanol–water partition coefficient (Wildman–Crippen LogP) is 4.83. The summed E-state index contributed by atoms with van der Waals surface area (Å²) >= 11 is 0. The van der Waals surface area contributed by atoms with Crippen LogP contribution in [0.2, 0.25) is 13.1 Å². The van der Waals surface area contributed by atoms with E-state index in [1.807, 2.05) is 36.4 Å². The molecule has 1 heterocycles. The lowest BCUT2D eigenvalue weighted by atomic mass is 9.76. The molecule has 2 aromatic carbocycles. The molecule has 0 aromatic heterocycles. The maximum absolute atomic E-state index is 13.5. The number of benzene rings is 2. The number of amides is 1. The Morgan fingerprint density at radius 3 is 2.11 bits per heavy atom. The molecular formula is C28H43NO7SSi. The molecule has 1 fully saturated rings. The van der Waals surface area contributed by atoms with Gasteiger partial charge in [0.1, 0.15) is 5.60 Å². The molecule has 1 N–H and O–H groups in total. The van der Waals surface area contributed by atoms with Crippen molar-refractivity contribution in [2.45, 2.75) is 85.1 Å². The highest BCUT2D eigenvalue weighted by Gasteiger charge is 2.59. The van der Waals surface area contributed by atoms with E-state index in [2.05, 4.69) is 33.9 Å². The van der Waals surface area contributed by atoms with Crippen molar-refractivity contribution in [1.29, 1.82) is 0 Å². The summed E-state index contributed by atoms with van der Waals surface area (Å²) in [4.78, 5) is 14.9. The van der Waals surface area contributed by atoms with E-state index in [9.17, 15) is 18.3 Å². The molecule has 1 saturated heterocycles. The highest BCUT2D eigenvalue weighted by atomic mass is 32.2. The molecule has 0 spiro atoms. The molecule has 212 valence electrons. The lowest BCUT2D eigenvalue weighted by molar-refractivity contribution is -0.136. The third-order valence-corrected chi connectivity index (χ3v) is 8.18. The molecule has 38 heavy (non-hydrogen) atoms. The molecule has 1 amide bonds. The van der Waals surface area contributed by atoms with E-state index in [0.717, 1.165) is 22.6 Å². The van der Waals surface area contributed by atoms with Crippen molar-refractivity contribution in [3.05, 3.63) is 47.5 Å². The molecule has 0 radical (unpaired) electrons. The number of nitrogens with zero attached hydrogens (tertiary/aromatic N) is 1. The molecule has 1 aliphatic heterocycles. The first kappa shape index (κ1) is 30.6. The van der Waals surface area contributed by atoms with Crippen molar-refractivity contribution in [2.75, 3.05) is 12.8 Å². The fourth-order valence-electron chi connectivity index (χ4n) is 5.05. The standard InChI is InChI=1S/C28H43NO7SSi/c1-26(2,3)23-17-29(25(30)35-27(4,5)6)28(31,24(23)36-38(8)9)16-19-14-15-20(18-34-37(7,32)33)22-13-11-10-12-21(19)22/h10-15,23-24,31,38H,16-18H2,1-9H3/t23-,24?,28+/m1/s1. The lowest BCUT2D eigenvalue weighted by Gasteiger charge is -2.40. The van der Waals surface area contributed by atoms with Crippen LogP contribution in [0.3, 0.4) is 0 Å². The first-order valence-corrected chi connectivity index (χ1v) is 17.6. The molecule has 1 aliphatic rings. The normalized spacial score (nSPS) is 22.9. The summed E-state index contributed by atoms with van der Waals surface area (Å²) in [6, 6.07) is 11.3. The van der Waals surface area contributed by atoms with Crippen LogP contribution in [0.25, 0.3) is 10.8 Å². The van der Waals surface area contributed by atoms with Gasteiger partial charge in [0, 0.05) is 18.9 Å². The number of ether oxygens (including phenoxy) is 1. The molecule has 1 unspecified atom stereocenters. The molecule has 2 aromatic rings. The number of carbonyl (C=O) groups excluding carboxylic acids is 1. The monoisotopic (exact) mass is 565 g/mol. The van der Waals surface area contributed by atoms with Crippen LogP contribution >= 0.6 is 0 Å². The van der Waals surface area contributed by atoms with Crippen LogP contribution in [0.1, 0.15) is 52.7 Å². The van der Waals surface area contributed by atoms with Gasteiger partial charge < -0.3 is 14.3 Å². The maximum Gasteiger partial charge on any atom is 0.412 e. The number of carbonyl (C=O) groups is 1. The van der Waals surface area contributed by atoms with Crippen molar-refractivity contribution in [1.82, 2.24) is 4.90 Å². The average molecular weight is 566 g/mol. The van der Waals surface area contributed by atoms with Crippen LogP contribution in [-0.2, 0) is 36.5 Å². The Balaban J connectivity index is 2.13. The van der Waals surface area contributed by atoms with Gasteiger partial charge in [-0.05, 0) is 61.2 Å². The zero-order chi connectivity index (χ0) is 28.7. The summed E-state index contributed by atoms with van der Waals surface area (Å²) in [6.45, 7) is 16.0. The smallest absolute Gasteiger partial charge is 0.412 e. The van der Waals surface area contributed by atoms with Gasteiger partial charge in [-0.3, -0.25) is 9.08 Å². The van der Waals surface area contributed by atoms with Gasteiger partial charge in [-0.25, -0.2) is 4.79 Å². The second kappa shape index (κ2) is 10.9. The third-order valence-electron chi connectivity index (χ3n) is 6.80. The minimum absolute atomic E-state index is 0.0925. The number of aliphatic hydroxyl groups is 1. The summed E-state index contributed by atoms with van der Waals surface area (Å²) in [7, 11) is -5.23. The van der Waals surface area contributed by atoms with E-state index in [0.29, 0.717) is 12.1 Å². The molecule has 0 saturated carbocycles. The van der Waals surface area contributed by atoms with Gasteiger partial charge in [-0.1, -0.05) is 57.2 Å². The van der Waals surface area contributed by atoms with E-state index in [4.69, 9.17) is 13.3 Å². The van der Waals surface area contributed by atoms with Crippen LogP contribution in [0.15, 0.2) is 36.4 Å². The zero-order valence-electron chi connectivity index (χ0n) is 24.1. The third kappa shape index (κ3) is 7.15. The van der Waals surface area contributed by atoms with E-state index in [1.165, 1.54) is 4.90 Å². The maximum atomic E-state index is 13.5. The molecule has 3 rings (SSSR count). The highest BCUT2D eigenvalue weighted by Crippen LogP contribution is 2.46. The Morgan fingerprint density at radius 1 is 1.05 bits per heavy atom. The van der Waals surface area contributed by atoms with Crippen LogP contribution in [0, 0.1) is 11.3 Å². The van der Waals surface area contributed by atoms with Crippen LogP contribution < -0.4 is 0 Å². The molecule has 0 bridgehead atoms. The predicted molar refractivity (Wildman–Crippen MR) is 152 cm³/mol. The second-order valence-electron chi connectivity index (χ2n) is 12.6. The van der Waals surface area contributed by atoms with E-state index in [-0.39, 0.29) is 24.4 Å². The zero-order valence-corrected chi connectivity index (χ0v) is 26.0. The van der Waals surface area contributed by atoms with Gasteiger partial charge in [0.25, 0.3) is 10.1 Å². The SMILES string of the molecule is C[SiH](C)OC1[C@H](C(C)(C)C)CN(C(=O)OC(C)(C)C)[C@]1(O)Cc1ccc(COS(C)(=O)=O)c2ccccc12. The summed E-state index contributed by atoms with van der Waals surface area (Å²) < 4.78 is 40.5. The van der Waals surface area contributed by atoms with Crippen LogP contribution in [0.5, 0.6) is 0 Å². The topological polar surface area (TPSA) is 102 Å². The fraction of sp³-hybridized carbons (Fsp3) is 0.607. The summed E-state index contributed by atoms with van der Waals surface area (Å²) in [5.74, 6) is -0.122. The van der Waals surface area contributed by atoms with E-state index < -0.39 is 42.7 Å². The molecule has 3 atom stereocenters. The van der Waals surface area contributed by atoms with Gasteiger partial charge in [0.05, 0.1) is 19.0 Å². The Hall–Kier alpha value is -1.98.